The third-order valence-electron chi connectivity index (χ3n) is 2.66. The second-order valence-corrected chi connectivity index (χ2v) is 4.00. The summed E-state index contributed by atoms with van der Waals surface area (Å²) in [5, 5.41) is 2.61. The van der Waals surface area contributed by atoms with E-state index in [1.807, 2.05) is 0 Å². The highest BCUT2D eigenvalue weighted by Gasteiger charge is 2.15. The van der Waals surface area contributed by atoms with E-state index in [1.54, 1.807) is 12.3 Å². The topological polar surface area (TPSA) is 71.2 Å². The summed E-state index contributed by atoms with van der Waals surface area (Å²) >= 11 is 0. The molecule has 0 aliphatic carbocycles. The molecule has 17 heavy (non-hydrogen) atoms. The van der Waals surface area contributed by atoms with Gasteiger partial charge in [0.05, 0.1) is 17.6 Å². The average Bonchev–Trinajstić information content (AvgIpc) is 2.69. The lowest BCUT2D eigenvalue weighted by Crippen LogP contribution is -2.19. The van der Waals surface area contributed by atoms with Crippen molar-refractivity contribution >= 4 is 35.5 Å². The Labute approximate surface area is 107 Å². The van der Waals surface area contributed by atoms with Gasteiger partial charge in [0.15, 0.2) is 0 Å². The van der Waals surface area contributed by atoms with Gasteiger partial charge in [-0.15, -0.1) is 12.4 Å². The van der Waals surface area contributed by atoms with Crippen LogP contribution in [0, 0.1) is 0 Å². The van der Waals surface area contributed by atoms with Gasteiger partial charge in [-0.05, 0) is 12.8 Å². The van der Waals surface area contributed by atoms with E-state index >= 15 is 0 Å². The second kappa shape index (κ2) is 5.72. The van der Waals surface area contributed by atoms with Gasteiger partial charge in [0.1, 0.15) is 5.82 Å². The largest absolute Gasteiger partial charge is 0.397 e. The van der Waals surface area contributed by atoms with Crippen LogP contribution in [0.25, 0.3) is 0 Å². The SMILES string of the molecule is CC(=O)Nc1cc(N)c(N2CCCC2)cn1.Cl. The molecule has 1 fully saturated rings. The Morgan fingerprint density at radius 1 is 1.47 bits per heavy atom. The van der Waals surface area contributed by atoms with E-state index in [0.717, 1.165) is 18.8 Å². The molecule has 1 aromatic rings. The van der Waals surface area contributed by atoms with Crippen molar-refractivity contribution in [2.45, 2.75) is 19.8 Å². The third-order valence-corrected chi connectivity index (χ3v) is 2.66. The number of hydrogen-bond donors (Lipinski definition) is 2. The summed E-state index contributed by atoms with van der Waals surface area (Å²) in [4.78, 5) is 17.3. The van der Waals surface area contributed by atoms with Crippen LogP contribution in [0.1, 0.15) is 19.8 Å². The van der Waals surface area contributed by atoms with Crippen LogP contribution >= 0.6 is 12.4 Å². The van der Waals surface area contributed by atoms with E-state index < -0.39 is 0 Å². The minimum absolute atomic E-state index is 0. The first-order valence-electron chi connectivity index (χ1n) is 5.45. The number of carbonyl (C=O) groups excluding carboxylic acids is 1. The number of hydrogen-bond acceptors (Lipinski definition) is 4. The molecule has 0 bridgehead atoms. The summed E-state index contributed by atoms with van der Waals surface area (Å²) in [6.07, 6.45) is 4.13. The van der Waals surface area contributed by atoms with Crippen LogP contribution in [0.15, 0.2) is 12.3 Å². The van der Waals surface area contributed by atoms with Gasteiger partial charge < -0.3 is 16.0 Å². The predicted octanol–water partition coefficient (Wildman–Crippen LogP) is 1.64. The fourth-order valence-electron chi connectivity index (χ4n) is 1.93. The molecule has 1 saturated heterocycles. The van der Waals surface area contributed by atoms with E-state index in [4.69, 9.17) is 5.73 Å². The summed E-state index contributed by atoms with van der Waals surface area (Å²) in [5.74, 6) is 0.369. The number of nitrogens with one attached hydrogen (secondary N) is 1. The number of nitrogen functional groups attached to an aromatic ring is 1. The zero-order valence-corrected chi connectivity index (χ0v) is 10.6. The summed E-state index contributed by atoms with van der Waals surface area (Å²) < 4.78 is 0. The first kappa shape index (κ1) is 13.6. The summed E-state index contributed by atoms with van der Waals surface area (Å²) in [7, 11) is 0. The maximum atomic E-state index is 10.9. The number of anilines is 3. The minimum atomic E-state index is -0.138. The van der Waals surface area contributed by atoms with Crippen LogP contribution in [-0.4, -0.2) is 24.0 Å². The monoisotopic (exact) mass is 256 g/mol. The Balaban J connectivity index is 0.00000144. The van der Waals surface area contributed by atoms with Crippen molar-refractivity contribution in [2.24, 2.45) is 0 Å². The standard InChI is InChI=1S/C11H16N4O.ClH/c1-8(16)14-11-6-9(12)10(7-13-11)15-4-2-3-5-15;/h6-7H,2-5H2,1H3,(H3,12,13,14,16);1H. The number of aromatic nitrogens is 1. The van der Waals surface area contributed by atoms with Gasteiger partial charge in [0.2, 0.25) is 5.91 Å². The smallest absolute Gasteiger partial charge is 0.222 e. The molecule has 0 unspecified atom stereocenters. The quantitative estimate of drug-likeness (QED) is 0.844. The maximum Gasteiger partial charge on any atom is 0.222 e. The van der Waals surface area contributed by atoms with E-state index in [0.29, 0.717) is 11.5 Å². The van der Waals surface area contributed by atoms with Crippen LogP contribution in [0.2, 0.25) is 0 Å². The van der Waals surface area contributed by atoms with Gasteiger partial charge in [-0.3, -0.25) is 4.79 Å². The number of pyridine rings is 1. The van der Waals surface area contributed by atoms with Gasteiger partial charge >= 0.3 is 0 Å². The molecule has 3 N–H and O–H groups in total. The molecule has 2 rings (SSSR count). The molecule has 6 heteroatoms. The van der Waals surface area contributed by atoms with E-state index in [1.165, 1.54) is 19.8 Å². The summed E-state index contributed by atoms with van der Waals surface area (Å²) in [6.45, 7) is 3.52. The Hall–Kier alpha value is -1.49. The van der Waals surface area contributed by atoms with Crippen molar-refractivity contribution in [1.29, 1.82) is 0 Å². The lowest BCUT2D eigenvalue weighted by Gasteiger charge is -2.19. The molecule has 0 atom stereocenters. The Bertz CT molecular complexity index is 404. The number of amides is 1. The van der Waals surface area contributed by atoms with Gasteiger partial charge in [-0.1, -0.05) is 0 Å². The Morgan fingerprint density at radius 3 is 2.65 bits per heavy atom. The molecule has 0 spiro atoms. The van der Waals surface area contributed by atoms with E-state index in [9.17, 15) is 4.79 Å². The molecule has 94 valence electrons. The van der Waals surface area contributed by atoms with Crippen LogP contribution < -0.4 is 16.0 Å². The highest BCUT2D eigenvalue weighted by Crippen LogP contribution is 2.27. The van der Waals surface area contributed by atoms with Crippen LogP contribution in [0.5, 0.6) is 0 Å². The van der Waals surface area contributed by atoms with E-state index in [-0.39, 0.29) is 18.3 Å². The lowest BCUT2D eigenvalue weighted by molar-refractivity contribution is -0.114. The second-order valence-electron chi connectivity index (χ2n) is 4.00. The normalized spacial score (nSPS) is 14.3. The Kier molecular flexibility index (Phi) is 4.57. The first-order valence-corrected chi connectivity index (χ1v) is 5.45. The maximum absolute atomic E-state index is 10.9. The van der Waals surface area contributed by atoms with Crippen molar-refractivity contribution < 1.29 is 4.79 Å². The molecule has 1 aliphatic rings. The summed E-state index contributed by atoms with van der Waals surface area (Å²) in [6, 6.07) is 1.70. The molecular formula is C11H17ClN4O. The lowest BCUT2D eigenvalue weighted by atomic mass is 10.3. The third kappa shape index (κ3) is 3.23. The fourth-order valence-corrected chi connectivity index (χ4v) is 1.93. The highest BCUT2D eigenvalue weighted by molar-refractivity contribution is 5.88. The highest BCUT2D eigenvalue weighted by atomic mass is 35.5. The molecule has 1 aliphatic heterocycles. The van der Waals surface area contributed by atoms with Gasteiger partial charge in [0, 0.05) is 26.1 Å². The number of halogens is 1. The number of carbonyl (C=O) groups is 1. The molecule has 0 aromatic carbocycles. The van der Waals surface area contributed by atoms with Gasteiger partial charge in [-0.2, -0.15) is 0 Å². The predicted molar refractivity (Wildman–Crippen MR) is 71.6 cm³/mol. The zero-order chi connectivity index (χ0) is 11.5. The average molecular weight is 257 g/mol. The molecule has 1 aromatic heterocycles. The van der Waals surface area contributed by atoms with Crippen molar-refractivity contribution in [2.75, 3.05) is 29.0 Å². The summed E-state index contributed by atoms with van der Waals surface area (Å²) in [5.41, 5.74) is 7.58. The van der Waals surface area contributed by atoms with Crippen molar-refractivity contribution in [1.82, 2.24) is 4.98 Å². The minimum Gasteiger partial charge on any atom is -0.397 e. The van der Waals surface area contributed by atoms with Gasteiger partial charge in [-0.25, -0.2) is 4.98 Å². The van der Waals surface area contributed by atoms with Crippen molar-refractivity contribution in [3.8, 4) is 0 Å². The zero-order valence-electron chi connectivity index (χ0n) is 9.77. The first-order chi connectivity index (χ1) is 7.66. The molecule has 1 amide bonds. The number of nitrogens with zero attached hydrogens (tertiary/aromatic N) is 2. The van der Waals surface area contributed by atoms with Crippen LogP contribution in [0.3, 0.4) is 0 Å². The molecular weight excluding hydrogens is 240 g/mol. The molecule has 2 heterocycles. The molecule has 0 radical (unpaired) electrons. The van der Waals surface area contributed by atoms with Crippen LogP contribution in [0.4, 0.5) is 17.2 Å². The number of rotatable bonds is 2. The van der Waals surface area contributed by atoms with Crippen molar-refractivity contribution in [3.63, 3.8) is 0 Å². The van der Waals surface area contributed by atoms with Crippen LogP contribution in [-0.2, 0) is 4.79 Å². The van der Waals surface area contributed by atoms with Gasteiger partial charge in [0.25, 0.3) is 0 Å². The fraction of sp³-hybridized carbons (Fsp3) is 0.455. The number of nitrogens with two attached hydrogens (primary N) is 1. The van der Waals surface area contributed by atoms with E-state index in [2.05, 4.69) is 15.2 Å². The molecule has 0 saturated carbocycles. The van der Waals surface area contributed by atoms with Crippen molar-refractivity contribution in [3.05, 3.63) is 12.3 Å². The molecule has 5 nitrogen and oxygen atoms in total. The Morgan fingerprint density at radius 2 is 2.12 bits per heavy atom.